The van der Waals surface area contributed by atoms with E-state index in [4.69, 9.17) is 23.2 Å². The molecule has 40 heavy (non-hydrogen) atoms. The number of ketones is 1. The van der Waals surface area contributed by atoms with Crippen LogP contribution in [0.5, 0.6) is 0 Å². The van der Waals surface area contributed by atoms with Crippen LogP contribution in [0.2, 0.25) is 10.0 Å². The number of amides is 1. The smallest absolute Gasteiger partial charge is 0.306 e. The van der Waals surface area contributed by atoms with Gasteiger partial charge in [0.25, 0.3) is 11.8 Å². The fourth-order valence-corrected chi connectivity index (χ4v) is 5.49. The average Bonchev–Trinajstić information content (AvgIpc) is 3.35. The number of hydrogen-bond donors (Lipinski definition) is 1. The molecule has 1 fully saturated rings. The minimum Gasteiger partial charge on any atom is -0.481 e. The highest BCUT2D eigenvalue weighted by Crippen LogP contribution is 2.38. The van der Waals surface area contributed by atoms with Crippen LogP contribution in [0.4, 0.5) is 13.2 Å². The fourth-order valence-electron chi connectivity index (χ4n) is 4.91. The quantitative estimate of drug-likeness (QED) is 0.296. The minimum atomic E-state index is -3.49. The number of aliphatic carboxylic acids is 1. The largest absolute Gasteiger partial charge is 0.481 e. The lowest BCUT2D eigenvalue weighted by molar-refractivity contribution is -0.143. The van der Waals surface area contributed by atoms with E-state index in [-0.39, 0.29) is 35.0 Å². The second-order valence-electron chi connectivity index (χ2n) is 9.77. The Labute approximate surface area is 237 Å². The summed E-state index contributed by atoms with van der Waals surface area (Å²) in [5.74, 6) is -7.07. The first-order valence-electron chi connectivity index (χ1n) is 12.4. The maximum absolute atomic E-state index is 15.0. The summed E-state index contributed by atoms with van der Waals surface area (Å²) in [6.07, 6.45) is 4.63. The number of alkyl halides is 2. The molecule has 212 valence electrons. The van der Waals surface area contributed by atoms with Crippen LogP contribution in [0.1, 0.15) is 70.6 Å². The molecule has 0 unspecified atom stereocenters. The highest BCUT2D eigenvalue weighted by molar-refractivity contribution is 6.39. The molecule has 2 aromatic heterocycles. The van der Waals surface area contributed by atoms with Gasteiger partial charge in [-0.1, -0.05) is 35.3 Å². The summed E-state index contributed by atoms with van der Waals surface area (Å²) in [6.45, 7) is -0.149. The zero-order valence-electron chi connectivity index (χ0n) is 21.3. The minimum absolute atomic E-state index is 0.0442. The number of carbonyl (C=O) groups excluding carboxylic acids is 2. The third-order valence-electron chi connectivity index (χ3n) is 6.87. The van der Waals surface area contributed by atoms with E-state index in [2.05, 4.69) is 10.1 Å². The average molecular weight is 597 g/mol. The van der Waals surface area contributed by atoms with Gasteiger partial charge >= 0.3 is 5.97 Å². The second-order valence-corrected chi connectivity index (χ2v) is 10.6. The Bertz CT molecular complexity index is 1400. The summed E-state index contributed by atoms with van der Waals surface area (Å²) in [6, 6.07) is 4.64. The van der Waals surface area contributed by atoms with E-state index >= 15 is 8.78 Å². The zero-order chi connectivity index (χ0) is 29.2. The number of halogens is 5. The molecule has 0 aliphatic heterocycles. The summed E-state index contributed by atoms with van der Waals surface area (Å²) in [4.78, 5) is 43.2. The summed E-state index contributed by atoms with van der Waals surface area (Å²) in [5.41, 5.74) is -0.677. The van der Waals surface area contributed by atoms with Crippen LogP contribution in [-0.4, -0.2) is 49.0 Å². The molecule has 8 nitrogen and oxygen atoms in total. The van der Waals surface area contributed by atoms with Crippen molar-refractivity contribution in [3.63, 3.8) is 0 Å². The molecule has 1 saturated carbocycles. The first-order chi connectivity index (χ1) is 18.9. The van der Waals surface area contributed by atoms with Crippen LogP contribution < -0.4 is 0 Å². The maximum Gasteiger partial charge on any atom is 0.306 e. The molecule has 0 saturated heterocycles. The van der Waals surface area contributed by atoms with Crippen LogP contribution in [0, 0.1) is 11.7 Å². The van der Waals surface area contributed by atoms with Gasteiger partial charge in [-0.15, -0.1) is 0 Å². The Morgan fingerprint density at radius 2 is 1.65 bits per heavy atom. The number of pyridine rings is 1. The first-order valence-corrected chi connectivity index (χ1v) is 13.2. The first kappa shape index (κ1) is 29.5. The number of Topliss-reactive ketones (excluding diaryl/α,β-unsaturated/α-hetero) is 1. The number of hydrogen-bond acceptors (Lipinski definition) is 5. The number of rotatable bonds is 9. The van der Waals surface area contributed by atoms with Gasteiger partial charge in [-0.2, -0.15) is 13.9 Å². The van der Waals surface area contributed by atoms with Crippen LogP contribution in [0.3, 0.4) is 0 Å². The van der Waals surface area contributed by atoms with Gasteiger partial charge in [0.05, 0.1) is 45.9 Å². The molecule has 0 atom stereocenters. The standard InChI is InChI=1S/C27H25Cl2F3N4O4/c1-27(31,32)24-19(10-34-36(24)18-8-4-16(5-9-18)26(39)40)25(38)35(13-15-2-6-17(30)7-3-15)14-22(37)23-20(28)11-33-12-21(23)29/h2-3,6-7,10-12,16,18H,4-5,8-9,13-14H2,1H3,(H,39,40)/t16-,18-. The monoisotopic (exact) mass is 596 g/mol. The highest BCUT2D eigenvalue weighted by Gasteiger charge is 2.40. The molecule has 0 radical (unpaired) electrons. The van der Waals surface area contributed by atoms with E-state index in [0.29, 0.717) is 25.3 Å². The highest BCUT2D eigenvalue weighted by atomic mass is 35.5. The molecular formula is C27H25Cl2F3N4O4. The zero-order valence-corrected chi connectivity index (χ0v) is 22.8. The van der Waals surface area contributed by atoms with E-state index in [9.17, 15) is 23.9 Å². The van der Waals surface area contributed by atoms with Crippen molar-refractivity contribution in [2.24, 2.45) is 5.92 Å². The van der Waals surface area contributed by atoms with E-state index in [1.807, 2.05) is 0 Å². The van der Waals surface area contributed by atoms with Gasteiger partial charge in [-0.25, -0.2) is 4.39 Å². The lowest BCUT2D eigenvalue weighted by atomic mass is 9.86. The second kappa shape index (κ2) is 12.0. The molecule has 13 heteroatoms. The van der Waals surface area contributed by atoms with E-state index in [1.165, 1.54) is 36.7 Å². The normalized spacial score (nSPS) is 17.4. The third-order valence-corrected chi connectivity index (χ3v) is 7.45. The van der Waals surface area contributed by atoms with Gasteiger partial charge in [0.15, 0.2) is 5.78 Å². The molecule has 1 aliphatic carbocycles. The fraction of sp³-hybridized carbons (Fsp3) is 0.370. The molecule has 1 aliphatic rings. The Hall–Kier alpha value is -3.44. The van der Waals surface area contributed by atoms with Crippen molar-refractivity contribution in [1.82, 2.24) is 19.7 Å². The van der Waals surface area contributed by atoms with Crippen LogP contribution in [0.15, 0.2) is 42.9 Å². The van der Waals surface area contributed by atoms with Crippen molar-refractivity contribution in [2.75, 3.05) is 6.54 Å². The molecule has 1 aromatic carbocycles. The van der Waals surface area contributed by atoms with E-state index in [0.717, 1.165) is 15.8 Å². The van der Waals surface area contributed by atoms with Crippen molar-refractivity contribution in [3.05, 3.63) is 81.1 Å². The Balaban J connectivity index is 1.70. The summed E-state index contributed by atoms with van der Waals surface area (Å²) in [7, 11) is 0. The Morgan fingerprint density at radius 1 is 1.05 bits per heavy atom. The maximum atomic E-state index is 15.0. The molecule has 1 amide bonds. The molecule has 0 bridgehead atoms. The number of benzene rings is 1. The number of carbonyl (C=O) groups is 3. The van der Waals surface area contributed by atoms with Gasteiger partial charge in [0.1, 0.15) is 11.5 Å². The lowest BCUT2D eigenvalue weighted by Crippen LogP contribution is -2.37. The van der Waals surface area contributed by atoms with Crippen LogP contribution in [-0.2, 0) is 17.3 Å². The number of carboxylic acids is 1. The number of carboxylic acid groups (broad SMARTS) is 1. The third kappa shape index (κ3) is 6.47. The SMILES string of the molecule is CC(F)(F)c1c(C(=O)N(CC(=O)c2c(Cl)cncc2Cl)Cc2ccc(F)cc2)cnn1[C@H]1CC[C@H](C(=O)O)CC1. The predicted octanol–water partition coefficient (Wildman–Crippen LogP) is 6.18. The molecule has 0 spiro atoms. The predicted molar refractivity (Wildman–Crippen MR) is 140 cm³/mol. The van der Waals surface area contributed by atoms with Crippen LogP contribution in [0.25, 0.3) is 0 Å². The Morgan fingerprint density at radius 3 is 2.20 bits per heavy atom. The molecule has 1 N–H and O–H groups in total. The topological polar surface area (TPSA) is 105 Å². The van der Waals surface area contributed by atoms with Crippen molar-refractivity contribution in [1.29, 1.82) is 0 Å². The van der Waals surface area contributed by atoms with Gasteiger partial charge in [0.2, 0.25) is 0 Å². The van der Waals surface area contributed by atoms with Gasteiger partial charge in [-0.3, -0.25) is 24.0 Å². The van der Waals surface area contributed by atoms with Crippen LogP contribution >= 0.6 is 23.2 Å². The van der Waals surface area contributed by atoms with E-state index in [1.54, 1.807) is 0 Å². The van der Waals surface area contributed by atoms with Gasteiger partial charge in [-0.05, 0) is 43.4 Å². The molecule has 2 heterocycles. The molecule has 3 aromatic rings. The van der Waals surface area contributed by atoms with Gasteiger partial charge in [0, 0.05) is 25.9 Å². The number of nitrogens with zero attached hydrogens (tertiary/aromatic N) is 4. The summed E-state index contributed by atoms with van der Waals surface area (Å²) in [5, 5.41) is 13.3. The molecule has 4 rings (SSSR count). The van der Waals surface area contributed by atoms with Crippen molar-refractivity contribution >= 4 is 40.9 Å². The number of aromatic nitrogens is 3. The van der Waals surface area contributed by atoms with Crippen molar-refractivity contribution < 1.29 is 32.7 Å². The molecular weight excluding hydrogens is 572 g/mol. The van der Waals surface area contributed by atoms with Crippen molar-refractivity contribution in [3.8, 4) is 0 Å². The van der Waals surface area contributed by atoms with E-state index < -0.39 is 59.2 Å². The summed E-state index contributed by atoms with van der Waals surface area (Å²) >= 11 is 12.2. The Kier molecular flexibility index (Phi) is 8.84. The lowest BCUT2D eigenvalue weighted by Gasteiger charge is -2.29. The summed E-state index contributed by atoms with van der Waals surface area (Å²) < 4.78 is 44.6. The van der Waals surface area contributed by atoms with Crippen molar-refractivity contribution in [2.45, 2.75) is 51.1 Å². The van der Waals surface area contributed by atoms with Gasteiger partial charge < -0.3 is 10.0 Å².